The zero-order valence-corrected chi connectivity index (χ0v) is 21.7. The minimum atomic E-state index is -4.61. The van der Waals surface area contributed by atoms with Crippen molar-refractivity contribution >= 4 is 11.6 Å². The van der Waals surface area contributed by atoms with E-state index in [1.807, 2.05) is 0 Å². The Morgan fingerprint density at radius 3 is 2.54 bits per heavy atom. The highest BCUT2D eigenvalue weighted by Crippen LogP contribution is 2.44. The van der Waals surface area contributed by atoms with Crippen LogP contribution in [0, 0.1) is 0 Å². The number of benzene rings is 2. The number of hydrogen-bond donors (Lipinski definition) is 1. The molecule has 1 atom stereocenters. The highest BCUT2D eigenvalue weighted by molar-refractivity contribution is 6.10. The Hall–Kier alpha value is -3.31. The fourth-order valence-corrected chi connectivity index (χ4v) is 5.80. The molecule has 0 spiro atoms. The molecule has 0 radical (unpaired) electrons. The van der Waals surface area contributed by atoms with Crippen molar-refractivity contribution in [3.05, 3.63) is 76.4 Å². The maximum Gasteiger partial charge on any atom is 0.416 e. The summed E-state index contributed by atoms with van der Waals surface area (Å²) in [6.07, 6.45) is -0.114. The van der Waals surface area contributed by atoms with Crippen LogP contribution in [0.1, 0.15) is 70.5 Å². The SMILES string of the molecule is Cn1cnnc1[C@@H](c1cccc(N2Cc3c(cc(CNC4(C)CCC4)cc3C(F)(F)F)C2=O)c1)C1(F)COC1. The average molecular weight is 544 g/mol. The van der Waals surface area contributed by atoms with Gasteiger partial charge < -0.3 is 19.5 Å². The van der Waals surface area contributed by atoms with Gasteiger partial charge in [0, 0.05) is 30.4 Å². The van der Waals surface area contributed by atoms with Crippen LogP contribution in [0.5, 0.6) is 0 Å². The summed E-state index contributed by atoms with van der Waals surface area (Å²) in [5.41, 5.74) is -1.27. The smallest absolute Gasteiger partial charge is 0.375 e. The largest absolute Gasteiger partial charge is 0.416 e. The number of nitrogens with zero attached hydrogens (tertiary/aromatic N) is 4. The zero-order chi connectivity index (χ0) is 27.6. The first-order valence-electron chi connectivity index (χ1n) is 13.0. The van der Waals surface area contributed by atoms with E-state index in [9.17, 15) is 18.0 Å². The predicted molar refractivity (Wildman–Crippen MR) is 135 cm³/mol. The van der Waals surface area contributed by atoms with Crippen molar-refractivity contribution in [3.63, 3.8) is 0 Å². The molecule has 7 nitrogen and oxygen atoms in total. The number of rotatable bonds is 7. The molecule has 11 heteroatoms. The van der Waals surface area contributed by atoms with Crippen LogP contribution >= 0.6 is 0 Å². The summed E-state index contributed by atoms with van der Waals surface area (Å²) in [4.78, 5) is 14.9. The number of nitrogens with one attached hydrogen (secondary N) is 1. The second-order valence-corrected chi connectivity index (χ2v) is 11.2. The third-order valence-electron chi connectivity index (χ3n) is 8.30. The Morgan fingerprint density at radius 1 is 1.18 bits per heavy atom. The molecule has 1 N–H and O–H groups in total. The van der Waals surface area contributed by atoms with Gasteiger partial charge in [-0.3, -0.25) is 4.79 Å². The molecule has 3 heterocycles. The zero-order valence-electron chi connectivity index (χ0n) is 21.7. The van der Waals surface area contributed by atoms with Crippen molar-refractivity contribution < 1.29 is 27.1 Å². The first-order chi connectivity index (χ1) is 18.5. The van der Waals surface area contributed by atoms with Crippen LogP contribution in [0.25, 0.3) is 0 Å². The maximum atomic E-state index is 15.8. The number of aromatic nitrogens is 3. The highest BCUT2D eigenvalue weighted by atomic mass is 19.4. The van der Waals surface area contributed by atoms with Crippen molar-refractivity contribution in [2.75, 3.05) is 18.1 Å². The number of amides is 1. The Morgan fingerprint density at radius 2 is 1.95 bits per heavy atom. The van der Waals surface area contributed by atoms with Crippen LogP contribution < -0.4 is 10.2 Å². The Kier molecular flexibility index (Phi) is 6.07. The topological polar surface area (TPSA) is 72.3 Å². The molecule has 2 aromatic carbocycles. The quantitative estimate of drug-likeness (QED) is 0.430. The van der Waals surface area contributed by atoms with Crippen LogP contribution in [0.3, 0.4) is 0 Å². The van der Waals surface area contributed by atoms with Gasteiger partial charge >= 0.3 is 6.18 Å². The number of aryl methyl sites for hydroxylation is 1. The van der Waals surface area contributed by atoms with Gasteiger partial charge in [-0.15, -0.1) is 10.2 Å². The van der Waals surface area contributed by atoms with Gasteiger partial charge in [-0.05, 0) is 67.1 Å². The van der Waals surface area contributed by atoms with E-state index in [0.29, 0.717) is 22.6 Å². The first-order valence-corrected chi connectivity index (χ1v) is 13.0. The monoisotopic (exact) mass is 543 g/mol. The molecule has 206 valence electrons. The predicted octanol–water partition coefficient (Wildman–Crippen LogP) is 4.90. The Bertz CT molecular complexity index is 1430. The van der Waals surface area contributed by atoms with E-state index in [1.54, 1.807) is 41.9 Å². The maximum absolute atomic E-state index is 15.8. The molecule has 3 aliphatic rings. The lowest BCUT2D eigenvalue weighted by atomic mass is 9.78. The van der Waals surface area contributed by atoms with Crippen LogP contribution in [-0.4, -0.2) is 45.1 Å². The molecule has 1 saturated heterocycles. The van der Waals surface area contributed by atoms with Gasteiger partial charge in [0.25, 0.3) is 5.91 Å². The first kappa shape index (κ1) is 25.9. The third-order valence-corrected chi connectivity index (χ3v) is 8.30. The number of anilines is 1. The number of alkyl halides is 4. The minimum Gasteiger partial charge on any atom is -0.375 e. The van der Waals surface area contributed by atoms with E-state index in [-0.39, 0.29) is 43.0 Å². The second kappa shape index (κ2) is 9.12. The van der Waals surface area contributed by atoms with Gasteiger partial charge in [-0.25, -0.2) is 4.39 Å². The summed E-state index contributed by atoms with van der Waals surface area (Å²) in [5, 5.41) is 11.4. The number of ether oxygens (including phenoxy) is 1. The minimum absolute atomic E-state index is 0.0456. The molecule has 3 aromatic rings. The summed E-state index contributed by atoms with van der Waals surface area (Å²) in [6, 6.07) is 9.41. The van der Waals surface area contributed by atoms with E-state index >= 15 is 4.39 Å². The van der Waals surface area contributed by atoms with E-state index in [0.717, 1.165) is 25.3 Å². The van der Waals surface area contributed by atoms with Gasteiger partial charge in [-0.1, -0.05) is 12.1 Å². The molecule has 2 aliphatic heterocycles. The van der Waals surface area contributed by atoms with Crippen LogP contribution in [0.15, 0.2) is 42.7 Å². The van der Waals surface area contributed by atoms with Crippen molar-refractivity contribution in [2.45, 2.75) is 62.6 Å². The summed E-state index contributed by atoms with van der Waals surface area (Å²) in [5.74, 6) is -0.942. The summed E-state index contributed by atoms with van der Waals surface area (Å²) in [7, 11) is 1.71. The van der Waals surface area contributed by atoms with Crippen molar-refractivity contribution in [1.82, 2.24) is 20.1 Å². The van der Waals surface area contributed by atoms with Crippen LogP contribution in [0.4, 0.5) is 23.2 Å². The number of carbonyl (C=O) groups excluding carboxylic acids is 1. The van der Waals surface area contributed by atoms with Gasteiger partial charge in [-0.2, -0.15) is 13.2 Å². The molecule has 0 bridgehead atoms. The van der Waals surface area contributed by atoms with E-state index in [4.69, 9.17) is 4.74 Å². The lowest BCUT2D eigenvalue weighted by molar-refractivity contribution is -0.139. The van der Waals surface area contributed by atoms with Crippen molar-refractivity contribution in [3.8, 4) is 0 Å². The van der Waals surface area contributed by atoms with Crippen LogP contribution in [0.2, 0.25) is 0 Å². The molecule has 1 aromatic heterocycles. The molecule has 6 rings (SSSR count). The van der Waals surface area contributed by atoms with Gasteiger partial charge in [0.2, 0.25) is 0 Å². The Labute approximate surface area is 223 Å². The molecule has 1 amide bonds. The fraction of sp³-hybridized carbons (Fsp3) is 0.464. The Balaban J connectivity index is 1.34. The average Bonchev–Trinajstić information content (AvgIpc) is 3.42. The third kappa shape index (κ3) is 4.51. The number of fused-ring (bicyclic) bond motifs is 1. The van der Waals surface area contributed by atoms with E-state index < -0.39 is 29.2 Å². The molecular formula is C28H29F4N5O2. The van der Waals surface area contributed by atoms with Gasteiger partial charge in [0.1, 0.15) is 12.2 Å². The lowest BCUT2D eigenvalue weighted by Crippen LogP contribution is -2.51. The fourth-order valence-electron chi connectivity index (χ4n) is 5.80. The summed E-state index contributed by atoms with van der Waals surface area (Å²) >= 11 is 0. The molecular weight excluding hydrogens is 514 g/mol. The van der Waals surface area contributed by atoms with Crippen molar-refractivity contribution in [1.29, 1.82) is 0 Å². The van der Waals surface area contributed by atoms with E-state index in [2.05, 4.69) is 22.4 Å². The van der Waals surface area contributed by atoms with Crippen LogP contribution in [-0.2, 0) is 31.1 Å². The van der Waals surface area contributed by atoms with Gasteiger partial charge in [0.15, 0.2) is 5.67 Å². The lowest BCUT2D eigenvalue weighted by Gasteiger charge is -2.40. The standard InChI is InChI=1S/C28H29F4N5O2/c1-26(7-4-8-26)33-12-17-9-20-21(22(10-17)28(30,31)32)13-37(25(20)38)19-6-3-5-18(11-19)23(27(29)14-39-15-27)24-35-34-16-36(24)2/h3,5-6,9-11,16,23,33H,4,7-8,12-15H2,1-2H3/t23-/m1/s1. The molecule has 2 fully saturated rings. The van der Waals surface area contributed by atoms with Crippen molar-refractivity contribution in [2.24, 2.45) is 7.05 Å². The van der Waals surface area contributed by atoms with Gasteiger partial charge in [0.05, 0.1) is 31.2 Å². The molecule has 1 saturated carbocycles. The molecule has 0 unspecified atom stereocenters. The number of halogens is 4. The highest BCUT2D eigenvalue weighted by Gasteiger charge is 2.50. The molecule has 1 aliphatic carbocycles. The van der Waals surface area contributed by atoms with E-state index in [1.165, 1.54) is 11.2 Å². The second-order valence-electron chi connectivity index (χ2n) is 11.2. The summed E-state index contributed by atoms with van der Waals surface area (Å²) in [6.45, 7) is 1.84. The summed E-state index contributed by atoms with van der Waals surface area (Å²) < 4.78 is 65.1. The normalized spacial score (nSPS) is 20.4. The number of hydrogen-bond acceptors (Lipinski definition) is 5. The number of carbonyl (C=O) groups is 1. The molecule has 39 heavy (non-hydrogen) atoms.